The Morgan fingerprint density at radius 2 is 2.00 bits per heavy atom. The van der Waals surface area contributed by atoms with E-state index in [0.29, 0.717) is 10.6 Å². The highest BCUT2D eigenvalue weighted by atomic mass is 35.5. The van der Waals surface area contributed by atoms with Crippen molar-refractivity contribution >= 4 is 23.6 Å². The first-order valence-corrected chi connectivity index (χ1v) is 6.24. The van der Waals surface area contributed by atoms with Gasteiger partial charge in [-0.05, 0) is 38.8 Å². The molecule has 0 unspecified atom stereocenters. The van der Waals surface area contributed by atoms with Crippen LogP contribution >= 0.6 is 11.6 Å². The van der Waals surface area contributed by atoms with E-state index in [1.165, 1.54) is 0 Å². The van der Waals surface area contributed by atoms with Crippen LogP contribution in [0.3, 0.4) is 0 Å². The van der Waals surface area contributed by atoms with Crippen LogP contribution in [0.5, 0.6) is 0 Å². The predicted molar refractivity (Wildman–Crippen MR) is 80.1 cm³/mol. The van der Waals surface area contributed by atoms with Crippen molar-refractivity contribution in [3.8, 4) is 0 Å². The van der Waals surface area contributed by atoms with E-state index in [4.69, 9.17) is 11.6 Å². The van der Waals surface area contributed by atoms with E-state index >= 15 is 0 Å². The minimum Gasteiger partial charge on any atom is -0.298 e. The molecule has 0 aromatic carbocycles. The third-order valence-corrected chi connectivity index (χ3v) is 2.75. The quantitative estimate of drug-likeness (QED) is 0.299. The summed E-state index contributed by atoms with van der Waals surface area (Å²) in [5.41, 5.74) is 3.20. The van der Waals surface area contributed by atoms with E-state index in [-0.39, 0.29) is 0 Å². The highest BCUT2D eigenvalue weighted by Crippen LogP contribution is 2.14. The average molecular weight is 266 g/mol. The first kappa shape index (κ1) is 16.6. The molecule has 18 heavy (non-hydrogen) atoms. The Bertz CT molecular complexity index is 439. The molecule has 0 radical (unpaired) electrons. The molecule has 0 heterocycles. The summed E-state index contributed by atoms with van der Waals surface area (Å²) >= 11 is 5.92. The molecule has 0 bridgehead atoms. The second-order valence-corrected chi connectivity index (χ2v) is 4.21. The van der Waals surface area contributed by atoms with Gasteiger partial charge in [0.1, 0.15) is 6.29 Å². The van der Waals surface area contributed by atoms with Crippen molar-refractivity contribution in [2.45, 2.75) is 34.1 Å². The van der Waals surface area contributed by atoms with Gasteiger partial charge in [0.2, 0.25) is 0 Å². The molecule has 0 saturated carbocycles. The molecule has 0 spiro atoms. The lowest BCUT2D eigenvalue weighted by Gasteiger charge is -2.05. The fourth-order valence-corrected chi connectivity index (χ4v) is 1.50. The number of halogens is 1. The van der Waals surface area contributed by atoms with E-state index in [9.17, 15) is 4.79 Å². The molecule has 0 amide bonds. The summed E-state index contributed by atoms with van der Waals surface area (Å²) in [7, 11) is 0. The van der Waals surface area contributed by atoms with Gasteiger partial charge < -0.3 is 0 Å². The largest absolute Gasteiger partial charge is 0.298 e. The number of rotatable bonds is 6. The van der Waals surface area contributed by atoms with Gasteiger partial charge in [0.15, 0.2) is 0 Å². The fourth-order valence-electron chi connectivity index (χ4n) is 1.39. The van der Waals surface area contributed by atoms with Crippen LogP contribution in [0.1, 0.15) is 34.1 Å². The molecule has 0 N–H and O–H groups in total. The number of aldehydes is 1. The maximum absolute atomic E-state index is 10.8. The minimum atomic E-state index is 0.562. The molecular formula is C15H20ClNO. The van der Waals surface area contributed by atoms with Gasteiger partial charge in [-0.3, -0.25) is 9.79 Å². The zero-order valence-corrected chi connectivity index (χ0v) is 12.2. The summed E-state index contributed by atoms with van der Waals surface area (Å²) in [4.78, 5) is 15.2. The van der Waals surface area contributed by atoms with Crippen molar-refractivity contribution in [1.29, 1.82) is 0 Å². The van der Waals surface area contributed by atoms with Gasteiger partial charge in [0, 0.05) is 22.0 Å². The Kier molecular flexibility index (Phi) is 7.97. The van der Waals surface area contributed by atoms with Crippen molar-refractivity contribution < 1.29 is 4.79 Å². The van der Waals surface area contributed by atoms with Gasteiger partial charge in [0.05, 0.1) is 0 Å². The van der Waals surface area contributed by atoms with Gasteiger partial charge >= 0.3 is 0 Å². The molecule has 0 aromatic rings. The summed E-state index contributed by atoms with van der Waals surface area (Å²) in [6.45, 7) is 11.2. The van der Waals surface area contributed by atoms with Crippen LogP contribution < -0.4 is 0 Å². The zero-order chi connectivity index (χ0) is 14.1. The summed E-state index contributed by atoms with van der Waals surface area (Å²) in [6.07, 6.45) is 6.85. The van der Waals surface area contributed by atoms with Crippen LogP contribution in [0.15, 0.2) is 51.7 Å². The van der Waals surface area contributed by atoms with E-state index in [1.54, 1.807) is 19.1 Å². The highest BCUT2D eigenvalue weighted by Gasteiger charge is 2.02. The van der Waals surface area contributed by atoms with E-state index in [2.05, 4.69) is 11.6 Å². The maximum Gasteiger partial charge on any atom is 0.147 e. The van der Waals surface area contributed by atoms with Crippen LogP contribution in [-0.4, -0.2) is 12.0 Å². The topological polar surface area (TPSA) is 29.4 Å². The Balaban J connectivity index is 5.43. The molecule has 0 rings (SSSR count). The predicted octanol–water partition coefficient (Wildman–Crippen LogP) is 4.59. The second-order valence-electron chi connectivity index (χ2n) is 3.78. The number of aliphatic imine (C=N–C) groups is 1. The maximum atomic E-state index is 10.8. The number of allylic oxidation sites excluding steroid dienone is 7. The Morgan fingerprint density at radius 3 is 2.39 bits per heavy atom. The minimum absolute atomic E-state index is 0.562. The summed E-state index contributed by atoms with van der Waals surface area (Å²) in [6, 6.07) is 0. The molecule has 98 valence electrons. The molecule has 3 heteroatoms. The molecule has 0 aliphatic heterocycles. The molecule has 0 aliphatic rings. The monoisotopic (exact) mass is 265 g/mol. The molecule has 2 nitrogen and oxygen atoms in total. The van der Waals surface area contributed by atoms with Crippen LogP contribution in [0.25, 0.3) is 0 Å². The van der Waals surface area contributed by atoms with Gasteiger partial charge in [-0.1, -0.05) is 37.3 Å². The molecule has 0 fully saturated rings. The summed E-state index contributed by atoms with van der Waals surface area (Å²) in [5, 5.41) is 0.562. The zero-order valence-electron chi connectivity index (χ0n) is 11.5. The Labute approximate surface area is 114 Å². The van der Waals surface area contributed by atoms with Crippen LogP contribution in [0.2, 0.25) is 0 Å². The third kappa shape index (κ3) is 5.28. The van der Waals surface area contributed by atoms with Gasteiger partial charge in [-0.15, -0.1) is 0 Å². The lowest BCUT2D eigenvalue weighted by atomic mass is 10.1. The SMILES string of the molecule is C=C\C(Cl)=C/C(=C\C)C(/C)=N/C(CC)=C(\C)C=O. The fraction of sp³-hybridized carbons (Fsp3) is 0.333. The highest BCUT2D eigenvalue weighted by molar-refractivity contribution is 6.31. The number of carbonyl (C=O) groups is 1. The smallest absolute Gasteiger partial charge is 0.147 e. The van der Waals surface area contributed by atoms with Crippen molar-refractivity contribution in [3.63, 3.8) is 0 Å². The molecular weight excluding hydrogens is 246 g/mol. The average Bonchev–Trinajstić information content (AvgIpc) is 2.40. The summed E-state index contributed by atoms with van der Waals surface area (Å²) in [5.74, 6) is 0. The van der Waals surface area contributed by atoms with Crippen LogP contribution in [-0.2, 0) is 4.79 Å². The van der Waals surface area contributed by atoms with E-state index < -0.39 is 0 Å². The standard InChI is InChI=1S/C15H20ClNO/c1-6-13(9-14(16)7-2)12(5)17-15(8-3)11(4)10-18/h6-7,9-10H,2,8H2,1,3-5H3/b13-6+,14-9+,15-11+,17-12+. The van der Waals surface area contributed by atoms with Crippen molar-refractivity contribution in [2.24, 2.45) is 4.99 Å². The first-order valence-electron chi connectivity index (χ1n) is 5.86. The number of hydrogen-bond acceptors (Lipinski definition) is 2. The number of nitrogens with zero attached hydrogens (tertiary/aromatic N) is 1. The second kappa shape index (κ2) is 8.65. The van der Waals surface area contributed by atoms with Crippen LogP contribution in [0, 0.1) is 0 Å². The normalized spacial score (nSPS) is 15.3. The number of carbonyl (C=O) groups excluding carboxylic acids is 1. The van der Waals surface area contributed by atoms with E-state index in [1.807, 2.05) is 26.8 Å². The first-order chi connectivity index (χ1) is 8.49. The Morgan fingerprint density at radius 1 is 1.39 bits per heavy atom. The van der Waals surface area contributed by atoms with Crippen LogP contribution in [0.4, 0.5) is 0 Å². The van der Waals surface area contributed by atoms with Gasteiger partial charge in [-0.2, -0.15) is 0 Å². The number of hydrogen-bond donors (Lipinski definition) is 0. The molecule has 0 saturated heterocycles. The molecule has 0 aliphatic carbocycles. The van der Waals surface area contributed by atoms with Crippen molar-refractivity contribution in [3.05, 3.63) is 46.7 Å². The van der Waals surface area contributed by atoms with Crippen molar-refractivity contribution in [2.75, 3.05) is 0 Å². The van der Waals surface area contributed by atoms with E-state index in [0.717, 1.165) is 29.7 Å². The summed E-state index contributed by atoms with van der Waals surface area (Å²) < 4.78 is 0. The molecule has 0 atom stereocenters. The lowest BCUT2D eigenvalue weighted by molar-refractivity contribution is -0.104. The van der Waals surface area contributed by atoms with Gasteiger partial charge in [-0.25, -0.2) is 0 Å². The molecule has 0 aromatic heterocycles. The van der Waals surface area contributed by atoms with Crippen molar-refractivity contribution in [1.82, 2.24) is 0 Å². The Hall–Kier alpha value is -1.41. The lowest BCUT2D eigenvalue weighted by Crippen LogP contribution is -1.98. The van der Waals surface area contributed by atoms with Gasteiger partial charge in [0.25, 0.3) is 0 Å². The third-order valence-electron chi connectivity index (χ3n) is 2.49.